The maximum atomic E-state index is 12.2. The molecule has 0 aliphatic carbocycles. The van der Waals surface area contributed by atoms with Crippen LogP contribution < -0.4 is 10.2 Å². The van der Waals surface area contributed by atoms with Crippen LogP contribution in [0.1, 0.15) is 11.7 Å². The van der Waals surface area contributed by atoms with Crippen molar-refractivity contribution in [1.29, 1.82) is 0 Å². The van der Waals surface area contributed by atoms with E-state index in [4.69, 9.17) is 4.42 Å². The number of anilines is 2. The molecule has 0 radical (unpaired) electrons. The van der Waals surface area contributed by atoms with Crippen LogP contribution in [-0.2, 0) is 17.6 Å². The van der Waals surface area contributed by atoms with E-state index in [-0.39, 0.29) is 11.7 Å². The summed E-state index contributed by atoms with van der Waals surface area (Å²) < 4.78 is 5.64. The van der Waals surface area contributed by atoms with Crippen LogP contribution in [0.2, 0.25) is 0 Å². The second kappa shape index (κ2) is 9.00. The van der Waals surface area contributed by atoms with Gasteiger partial charge in [0.15, 0.2) is 0 Å². The number of rotatable bonds is 8. The average molecular weight is 423 g/mol. The molecular formula is C21H22N6O2S. The molecule has 154 valence electrons. The van der Waals surface area contributed by atoms with Gasteiger partial charge in [-0.3, -0.25) is 4.79 Å². The van der Waals surface area contributed by atoms with Gasteiger partial charge in [0, 0.05) is 38.3 Å². The second-order valence-corrected chi connectivity index (χ2v) is 7.87. The Morgan fingerprint density at radius 2 is 1.90 bits per heavy atom. The predicted octanol–water partition coefficient (Wildman–Crippen LogP) is 3.53. The zero-order chi connectivity index (χ0) is 20.9. The molecule has 30 heavy (non-hydrogen) atoms. The molecule has 0 unspecified atom stereocenters. The van der Waals surface area contributed by atoms with Gasteiger partial charge < -0.3 is 19.6 Å². The van der Waals surface area contributed by atoms with Crippen LogP contribution in [0.4, 0.5) is 11.4 Å². The molecule has 4 rings (SSSR count). The molecule has 2 aromatic carbocycles. The van der Waals surface area contributed by atoms with Crippen LogP contribution in [0.3, 0.4) is 0 Å². The number of fused-ring (bicyclic) bond motifs is 1. The lowest BCUT2D eigenvalue weighted by Gasteiger charge is -2.12. The van der Waals surface area contributed by atoms with E-state index in [2.05, 4.69) is 25.5 Å². The maximum Gasteiger partial charge on any atom is 0.277 e. The molecule has 0 saturated carbocycles. The summed E-state index contributed by atoms with van der Waals surface area (Å²) in [5, 5.41) is 11.3. The fourth-order valence-electron chi connectivity index (χ4n) is 2.91. The summed E-state index contributed by atoms with van der Waals surface area (Å²) in [5.41, 5.74) is 3.78. The summed E-state index contributed by atoms with van der Waals surface area (Å²) in [4.78, 5) is 22.0. The number of aromatic amines is 1. The molecule has 1 amide bonds. The molecular weight excluding hydrogens is 400 g/mol. The highest BCUT2D eigenvalue weighted by molar-refractivity contribution is 7.99. The Hall–Kier alpha value is -3.33. The minimum atomic E-state index is -0.125. The van der Waals surface area contributed by atoms with Crippen molar-refractivity contribution in [2.75, 3.05) is 30.1 Å². The second-order valence-electron chi connectivity index (χ2n) is 6.94. The number of aryl methyl sites for hydroxylation is 2. The fourth-order valence-corrected chi connectivity index (χ4v) is 3.49. The maximum absolute atomic E-state index is 12.2. The van der Waals surface area contributed by atoms with Crippen molar-refractivity contribution in [2.45, 2.75) is 18.1 Å². The van der Waals surface area contributed by atoms with Gasteiger partial charge in [0.2, 0.25) is 11.8 Å². The number of hydrogen-bond donors (Lipinski definition) is 2. The largest absolute Gasteiger partial charge is 0.416 e. The molecule has 0 saturated heterocycles. The van der Waals surface area contributed by atoms with E-state index in [0.29, 0.717) is 24.0 Å². The van der Waals surface area contributed by atoms with E-state index in [1.165, 1.54) is 11.8 Å². The number of imidazole rings is 1. The SMILES string of the molecule is CN(C)c1ccc(NC(=O)CSc2nnc(CCc3nc4ccccc4[nH]3)o2)cc1. The topological polar surface area (TPSA) is 99.9 Å². The lowest BCUT2D eigenvalue weighted by molar-refractivity contribution is -0.113. The van der Waals surface area contributed by atoms with Crippen molar-refractivity contribution in [3.8, 4) is 0 Å². The molecule has 2 N–H and O–H groups in total. The normalized spacial score (nSPS) is 11.0. The van der Waals surface area contributed by atoms with Gasteiger partial charge in [-0.1, -0.05) is 23.9 Å². The van der Waals surface area contributed by atoms with Gasteiger partial charge in [0.1, 0.15) is 5.82 Å². The molecule has 4 aromatic rings. The van der Waals surface area contributed by atoms with Gasteiger partial charge in [0.25, 0.3) is 5.22 Å². The number of aromatic nitrogens is 4. The number of carbonyl (C=O) groups is 1. The summed E-state index contributed by atoms with van der Waals surface area (Å²) in [6, 6.07) is 15.6. The number of benzene rings is 2. The average Bonchev–Trinajstić information content (AvgIpc) is 3.37. The monoisotopic (exact) mass is 422 g/mol. The Morgan fingerprint density at radius 3 is 2.67 bits per heavy atom. The highest BCUT2D eigenvalue weighted by Gasteiger charge is 2.11. The summed E-state index contributed by atoms with van der Waals surface area (Å²) in [7, 11) is 3.94. The number of nitrogens with zero attached hydrogens (tertiary/aromatic N) is 4. The van der Waals surface area contributed by atoms with Crippen molar-refractivity contribution in [3.05, 3.63) is 60.2 Å². The van der Waals surface area contributed by atoms with E-state index >= 15 is 0 Å². The summed E-state index contributed by atoms with van der Waals surface area (Å²) >= 11 is 1.22. The van der Waals surface area contributed by atoms with E-state index < -0.39 is 0 Å². The minimum Gasteiger partial charge on any atom is -0.416 e. The van der Waals surface area contributed by atoms with E-state index in [9.17, 15) is 4.79 Å². The Balaban J connectivity index is 1.25. The highest BCUT2D eigenvalue weighted by Crippen LogP contribution is 2.19. The molecule has 0 atom stereocenters. The number of hydrogen-bond acceptors (Lipinski definition) is 7. The minimum absolute atomic E-state index is 0.125. The third kappa shape index (κ3) is 4.98. The van der Waals surface area contributed by atoms with Gasteiger partial charge in [-0.2, -0.15) is 0 Å². The third-order valence-corrected chi connectivity index (χ3v) is 5.28. The molecule has 0 spiro atoms. The third-order valence-electron chi connectivity index (χ3n) is 4.46. The molecule has 0 bridgehead atoms. The molecule has 2 heterocycles. The first kappa shape index (κ1) is 20.0. The van der Waals surface area contributed by atoms with Crippen molar-refractivity contribution < 1.29 is 9.21 Å². The highest BCUT2D eigenvalue weighted by atomic mass is 32.2. The smallest absolute Gasteiger partial charge is 0.277 e. The first-order valence-corrected chi connectivity index (χ1v) is 10.5. The molecule has 9 heteroatoms. The number of para-hydroxylation sites is 2. The Labute approximate surface area is 178 Å². The molecule has 0 fully saturated rings. The first-order chi connectivity index (χ1) is 14.6. The van der Waals surface area contributed by atoms with Crippen molar-refractivity contribution in [1.82, 2.24) is 20.2 Å². The number of nitrogens with one attached hydrogen (secondary N) is 2. The Bertz CT molecular complexity index is 1100. The van der Waals surface area contributed by atoms with E-state index in [0.717, 1.165) is 28.2 Å². The van der Waals surface area contributed by atoms with E-state index in [1.807, 2.05) is 67.5 Å². The lowest BCUT2D eigenvalue weighted by atomic mass is 10.2. The van der Waals surface area contributed by atoms with Crippen molar-refractivity contribution in [3.63, 3.8) is 0 Å². The van der Waals surface area contributed by atoms with Crippen molar-refractivity contribution >= 4 is 40.1 Å². The molecule has 0 aliphatic heterocycles. The fraction of sp³-hybridized carbons (Fsp3) is 0.238. The summed E-state index contributed by atoms with van der Waals surface area (Å²) in [6.45, 7) is 0. The molecule has 8 nitrogen and oxygen atoms in total. The number of H-pyrrole nitrogens is 1. The summed E-state index contributed by atoms with van der Waals surface area (Å²) in [5.74, 6) is 1.47. The predicted molar refractivity (Wildman–Crippen MR) is 118 cm³/mol. The number of thioether (sulfide) groups is 1. The lowest BCUT2D eigenvalue weighted by Crippen LogP contribution is -2.14. The van der Waals surface area contributed by atoms with Crippen LogP contribution in [0, 0.1) is 0 Å². The number of amides is 1. The van der Waals surface area contributed by atoms with Crippen LogP contribution >= 0.6 is 11.8 Å². The standard InChI is InChI=1S/C21H22N6O2S/c1-27(2)15-9-7-14(8-10-15)22-19(28)13-30-21-26-25-20(29-21)12-11-18-23-16-5-3-4-6-17(16)24-18/h3-10H,11-13H2,1-2H3,(H,22,28)(H,23,24). The van der Waals surface area contributed by atoms with Crippen molar-refractivity contribution in [2.24, 2.45) is 0 Å². The summed E-state index contributed by atoms with van der Waals surface area (Å²) in [6.07, 6.45) is 1.25. The van der Waals surface area contributed by atoms with Gasteiger partial charge in [-0.05, 0) is 36.4 Å². The zero-order valence-electron chi connectivity index (χ0n) is 16.8. The van der Waals surface area contributed by atoms with Gasteiger partial charge in [-0.15, -0.1) is 10.2 Å². The quantitative estimate of drug-likeness (QED) is 0.419. The van der Waals surface area contributed by atoms with Gasteiger partial charge in [-0.25, -0.2) is 4.98 Å². The van der Waals surface area contributed by atoms with Crippen LogP contribution in [0.25, 0.3) is 11.0 Å². The van der Waals surface area contributed by atoms with Gasteiger partial charge in [0.05, 0.1) is 16.8 Å². The van der Waals surface area contributed by atoms with E-state index in [1.54, 1.807) is 0 Å². The first-order valence-electron chi connectivity index (χ1n) is 9.53. The molecule has 2 aromatic heterocycles. The van der Waals surface area contributed by atoms with Crippen LogP contribution in [-0.4, -0.2) is 45.9 Å². The Morgan fingerprint density at radius 1 is 1.10 bits per heavy atom. The zero-order valence-corrected chi connectivity index (χ0v) is 17.6. The number of carbonyl (C=O) groups excluding carboxylic acids is 1. The van der Waals surface area contributed by atoms with Gasteiger partial charge >= 0.3 is 0 Å². The van der Waals surface area contributed by atoms with Crippen LogP contribution in [0.15, 0.2) is 58.2 Å². The Kier molecular flexibility index (Phi) is 5.99. The molecule has 0 aliphatic rings. The van der Waals surface area contributed by atoms with Crippen LogP contribution in [0.5, 0.6) is 0 Å².